The molecule has 1 aromatic heterocycles. The summed E-state index contributed by atoms with van der Waals surface area (Å²) in [4.78, 5) is 18.2. The summed E-state index contributed by atoms with van der Waals surface area (Å²) in [7, 11) is 0. The van der Waals surface area contributed by atoms with E-state index in [1.165, 1.54) is 0 Å². The number of nitrogens with zero attached hydrogens (tertiary/aromatic N) is 3. The maximum Gasteiger partial charge on any atom is 0.313 e. The molecule has 0 unspecified atom stereocenters. The largest absolute Gasteiger partial charge is 0.481 e. The molecule has 7 nitrogen and oxygen atoms in total. The lowest BCUT2D eigenvalue weighted by molar-refractivity contribution is -0.164. The summed E-state index contributed by atoms with van der Waals surface area (Å²) in [5, 5.41) is 24.6. The van der Waals surface area contributed by atoms with Crippen molar-refractivity contribution in [3.8, 4) is 11.4 Å². The Balaban J connectivity index is 1.73. The molecule has 1 fully saturated rings. The van der Waals surface area contributed by atoms with Crippen LogP contribution in [0, 0.1) is 5.41 Å². The molecule has 2 atom stereocenters. The van der Waals surface area contributed by atoms with Crippen molar-refractivity contribution in [2.75, 3.05) is 13.1 Å². The van der Waals surface area contributed by atoms with E-state index >= 15 is 0 Å². The van der Waals surface area contributed by atoms with Crippen molar-refractivity contribution >= 4 is 17.6 Å². The maximum atomic E-state index is 11.8. The number of halogens is 1. The van der Waals surface area contributed by atoms with E-state index in [4.69, 9.17) is 16.1 Å². The fourth-order valence-corrected chi connectivity index (χ4v) is 3.66. The van der Waals surface area contributed by atoms with E-state index < -0.39 is 17.5 Å². The summed E-state index contributed by atoms with van der Waals surface area (Å²) < 4.78 is 5.32. The highest BCUT2D eigenvalue weighted by Crippen LogP contribution is 2.36. The van der Waals surface area contributed by atoms with Gasteiger partial charge < -0.3 is 14.7 Å². The lowest BCUT2D eigenvalue weighted by atomic mass is 9.74. The molecule has 0 spiro atoms. The molecule has 2 heterocycles. The molecule has 0 saturated carbocycles. The molecule has 1 aliphatic heterocycles. The van der Waals surface area contributed by atoms with Gasteiger partial charge in [0.05, 0.1) is 12.6 Å². The number of aliphatic carboxylic acids is 1. The number of carboxylic acids is 1. The molecular formula is C18H22ClN3O4. The zero-order chi connectivity index (χ0) is 18.7. The van der Waals surface area contributed by atoms with Crippen LogP contribution in [0.25, 0.3) is 11.4 Å². The second-order valence-corrected chi connectivity index (χ2v) is 7.18. The molecule has 1 saturated heterocycles. The normalized spacial score (nSPS) is 23.9. The van der Waals surface area contributed by atoms with Crippen LogP contribution >= 0.6 is 11.6 Å². The smallest absolute Gasteiger partial charge is 0.313 e. The van der Waals surface area contributed by atoms with Gasteiger partial charge in [-0.3, -0.25) is 9.69 Å². The Labute approximate surface area is 156 Å². The van der Waals surface area contributed by atoms with Crippen LogP contribution in [0.4, 0.5) is 0 Å². The number of aliphatic hydroxyl groups is 1. The molecule has 26 heavy (non-hydrogen) atoms. The number of likely N-dealkylation sites (tertiary alicyclic amines) is 1. The van der Waals surface area contributed by atoms with Crippen LogP contribution < -0.4 is 0 Å². The van der Waals surface area contributed by atoms with Crippen LogP contribution in [0.2, 0.25) is 5.02 Å². The van der Waals surface area contributed by atoms with Gasteiger partial charge in [0.25, 0.3) is 0 Å². The molecule has 8 heteroatoms. The summed E-state index contributed by atoms with van der Waals surface area (Å²) in [6, 6.07) is 7.13. The van der Waals surface area contributed by atoms with Gasteiger partial charge in [0, 0.05) is 23.7 Å². The van der Waals surface area contributed by atoms with Crippen molar-refractivity contribution in [2.24, 2.45) is 5.41 Å². The molecule has 2 N–H and O–H groups in total. The second kappa shape index (κ2) is 7.73. The molecule has 0 amide bonds. The number of benzene rings is 1. The summed E-state index contributed by atoms with van der Waals surface area (Å²) in [6.45, 7) is 3.12. The van der Waals surface area contributed by atoms with Gasteiger partial charge in [-0.25, -0.2) is 0 Å². The first-order valence-electron chi connectivity index (χ1n) is 8.67. The van der Waals surface area contributed by atoms with E-state index in [1.54, 1.807) is 12.1 Å². The summed E-state index contributed by atoms with van der Waals surface area (Å²) in [6.07, 6.45) is 0.687. The minimum Gasteiger partial charge on any atom is -0.481 e. The summed E-state index contributed by atoms with van der Waals surface area (Å²) in [5.41, 5.74) is -0.351. The van der Waals surface area contributed by atoms with Crippen molar-refractivity contribution in [2.45, 2.75) is 38.8 Å². The molecule has 1 aromatic carbocycles. The van der Waals surface area contributed by atoms with Crippen molar-refractivity contribution in [1.82, 2.24) is 15.0 Å². The number of carboxylic acid groups (broad SMARTS) is 1. The molecule has 1 aliphatic rings. The van der Waals surface area contributed by atoms with Crippen LogP contribution in [-0.2, 0) is 11.3 Å². The topological polar surface area (TPSA) is 99.7 Å². The third-order valence-electron chi connectivity index (χ3n) is 4.91. The number of rotatable bonds is 6. The fourth-order valence-electron chi connectivity index (χ4n) is 3.54. The molecule has 0 radical (unpaired) electrons. The van der Waals surface area contributed by atoms with E-state index in [0.717, 1.165) is 5.56 Å². The number of carbonyl (C=O) groups is 1. The predicted octanol–water partition coefficient (Wildman–Crippen LogP) is 2.83. The number of hydrogen-bond donors (Lipinski definition) is 2. The van der Waals surface area contributed by atoms with Crippen LogP contribution in [-0.4, -0.2) is 50.4 Å². The third-order valence-corrected chi connectivity index (χ3v) is 5.17. The Hall–Kier alpha value is -1.96. The standard InChI is InChI=1S/C18H22ClN3O4/c1-2-8-18(17(24)25)11-22(9-7-14(18)23)10-15-20-16(21-26-15)12-3-5-13(19)6-4-12/h3-6,14,23H,2,7-11H2,1H3,(H,24,25)/t14-,18+/m0/s1. The quantitative estimate of drug-likeness (QED) is 0.795. The average Bonchev–Trinajstić information content (AvgIpc) is 3.07. The first-order valence-corrected chi connectivity index (χ1v) is 9.05. The van der Waals surface area contributed by atoms with Crippen LogP contribution in [0.5, 0.6) is 0 Å². The zero-order valence-electron chi connectivity index (χ0n) is 14.6. The molecular weight excluding hydrogens is 358 g/mol. The highest BCUT2D eigenvalue weighted by atomic mass is 35.5. The zero-order valence-corrected chi connectivity index (χ0v) is 15.3. The van der Waals surface area contributed by atoms with Gasteiger partial charge in [-0.15, -0.1) is 0 Å². The van der Waals surface area contributed by atoms with E-state index in [0.29, 0.717) is 49.1 Å². The Morgan fingerprint density at radius 2 is 2.15 bits per heavy atom. The lowest BCUT2D eigenvalue weighted by Crippen LogP contribution is -2.55. The predicted molar refractivity (Wildman–Crippen MR) is 95.6 cm³/mol. The molecule has 3 rings (SSSR count). The van der Waals surface area contributed by atoms with Gasteiger partial charge in [-0.2, -0.15) is 4.98 Å². The summed E-state index contributed by atoms with van der Waals surface area (Å²) >= 11 is 5.88. The number of aliphatic hydroxyl groups excluding tert-OH is 1. The first-order chi connectivity index (χ1) is 12.4. The monoisotopic (exact) mass is 379 g/mol. The van der Waals surface area contributed by atoms with Crippen molar-refractivity contribution in [3.63, 3.8) is 0 Å². The van der Waals surface area contributed by atoms with Gasteiger partial charge in [0.1, 0.15) is 5.41 Å². The molecule has 2 aromatic rings. The Morgan fingerprint density at radius 3 is 2.81 bits per heavy atom. The van der Waals surface area contributed by atoms with Gasteiger partial charge in [-0.1, -0.05) is 30.1 Å². The summed E-state index contributed by atoms with van der Waals surface area (Å²) in [5.74, 6) is -0.0715. The fraction of sp³-hybridized carbons (Fsp3) is 0.500. The number of aromatic nitrogens is 2. The first kappa shape index (κ1) is 18.8. The number of piperidine rings is 1. The average molecular weight is 380 g/mol. The highest BCUT2D eigenvalue weighted by molar-refractivity contribution is 6.30. The van der Waals surface area contributed by atoms with Crippen molar-refractivity contribution in [3.05, 3.63) is 35.2 Å². The van der Waals surface area contributed by atoms with Gasteiger partial charge in [0.2, 0.25) is 11.7 Å². The molecule has 0 bridgehead atoms. The Morgan fingerprint density at radius 1 is 1.42 bits per heavy atom. The van der Waals surface area contributed by atoms with E-state index in [-0.39, 0.29) is 6.54 Å². The molecule has 140 valence electrons. The van der Waals surface area contributed by atoms with E-state index in [1.807, 2.05) is 24.0 Å². The molecule has 0 aliphatic carbocycles. The van der Waals surface area contributed by atoms with Gasteiger partial charge in [-0.05, 0) is 37.1 Å². The highest BCUT2D eigenvalue weighted by Gasteiger charge is 2.48. The maximum absolute atomic E-state index is 11.8. The van der Waals surface area contributed by atoms with E-state index in [9.17, 15) is 15.0 Å². The van der Waals surface area contributed by atoms with Crippen molar-refractivity contribution < 1.29 is 19.5 Å². The Bertz CT molecular complexity index is 764. The SMILES string of the molecule is CCC[C@@]1(C(=O)O)CN(Cc2nc(-c3ccc(Cl)cc3)no2)CC[C@@H]1O. The van der Waals surface area contributed by atoms with Crippen molar-refractivity contribution in [1.29, 1.82) is 0 Å². The van der Waals surface area contributed by atoms with Gasteiger partial charge in [0.15, 0.2) is 0 Å². The van der Waals surface area contributed by atoms with E-state index in [2.05, 4.69) is 10.1 Å². The van der Waals surface area contributed by atoms with Crippen LogP contribution in [0.15, 0.2) is 28.8 Å². The minimum absolute atomic E-state index is 0.260. The third kappa shape index (κ3) is 3.75. The second-order valence-electron chi connectivity index (χ2n) is 6.75. The Kier molecular flexibility index (Phi) is 5.60. The minimum atomic E-state index is -1.15. The van der Waals surface area contributed by atoms with Crippen LogP contribution in [0.3, 0.4) is 0 Å². The van der Waals surface area contributed by atoms with Gasteiger partial charge >= 0.3 is 5.97 Å². The van der Waals surface area contributed by atoms with Crippen LogP contribution in [0.1, 0.15) is 32.1 Å². The lowest BCUT2D eigenvalue weighted by Gasteiger charge is -2.42. The number of hydrogen-bond acceptors (Lipinski definition) is 6.